The molecule has 1 N–H and O–H groups in total. The summed E-state index contributed by atoms with van der Waals surface area (Å²) in [6.45, 7) is 1.61. The molecule has 0 amide bonds. The molecule has 0 bridgehead atoms. The Balaban J connectivity index is 1.79. The van der Waals surface area contributed by atoms with Crippen LogP contribution in [0.5, 0.6) is 0 Å². The van der Waals surface area contributed by atoms with Gasteiger partial charge < -0.3 is 10.1 Å². The molecule has 3 rings (SSSR count). The zero-order chi connectivity index (χ0) is 11.7. The van der Waals surface area contributed by atoms with E-state index >= 15 is 0 Å². The molecule has 0 aliphatic carbocycles. The van der Waals surface area contributed by atoms with Crippen molar-refractivity contribution in [1.29, 1.82) is 0 Å². The lowest BCUT2D eigenvalue weighted by atomic mass is 10.2. The van der Waals surface area contributed by atoms with Crippen molar-refractivity contribution >= 4 is 17.0 Å². The van der Waals surface area contributed by atoms with E-state index < -0.39 is 0 Å². The highest BCUT2D eigenvalue weighted by Crippen LogP contribution is 2.17. The number of aryl methyl sites for hydroxylation is 1. The Morgan fingerprint density at radius 1 is 1.53 bits per heavy atom. The van der Waals surface area contributed by atoms with E-state index in [2.05, 4.69) is 25.6 Å². The zero-order valence-corrected chi connectivity index (χ0v) is 9.63. The Morgan fingerprint density at radius 3 is 3.29 bits per heavy atom. The summed E-state index contributed by atoms with van der Waals surface area (Å²) in [5.74, 6) is 0.721. The van der Waals surface area contributed by atoms with Crippen LogP contribution in [0.4, 0.5) is 5.82 Å². The third-order valence-corrected chi connectivity index (χ3v) is 2.91. The summed E-state index contributed by atoms with van der Waals surface area (Å²) < 4.78 is 7.18. The van der Waals surface area contributed by atoms with E-state index in [4.69, 9.17) is 4.74 Å². The molecule has 1 aliphatic heterocycles. The molecule has 0 aromatic carbocycles. The van der Waals surface area contributed by atoms with Crippen LogP contribution in [0.3, 0.4) is 0 Å². The van der Waals surface area contributed by atoms with Gasteiger partial charge in [-0.3, -0.25) is 0 Å². The summed E-state index contributed by atoms with van der Waals surface area (Å²) in [4.78, 5) is 8.32. The van der Waals surface area contributed by atoms with Crippen LogP contribution in [-0.4, -0.2) is 44.2 Å². The van der Waals surface area contributed by atoms with Gasteiger partial charge in [-0.2, -0.15) is 0 Å². The molecule has 1 fully saturated rings. The van der Waals surface area contributed by atoms with Gasteiger partial charge in [-0.05, 0) is 12.8 Å². The van der Waals surface area contributed by atoms with Crippen LogP contribution >= 0.6 is 0 Å². The van der Waals surface area contributed by atoms with Gasteiger partial charge in [0.2, 0.25) is 0 Å². The van der Waals surface area contributed by atoms with Crippen molar-refractivity contribution in [2.24, 2.45) is 7.05 Å². The Kier molecular flexibility index (Phi) is 2.60. The van der Waals surface area contributed by atoms with E-state index in [1.165, 1.54) is 6.33 Å². The molecule has 7 heteroatoms. The monoisotopic (exact) mass is 234 g/mol. The summed E-state index contributed by atoms with van der Waals surface area (Å²) in [6, 6.07) is 0. The molecule has 0 saturated carbocycles. The number of nitrogens with one attached hydrogen (secondary N) is 1. The smallest absolute Gasteiger partial charge is 0.183 e. The molecule has 0 spiro atoms. The van der Waals surface area contributed by atoms with Gasteiger partial charge >= 0.3 is 0 Å². The summed E-state index contributed by atoms with van der Waals surface area (Å²) in [5, 5.41) is 11.2. The number of ether oxygens (including phenoxy) is 1. The van der Waals surface area contributed by atoms with Gasteiger partial charge in [0.15, 0.2) is 17.0 Å². The lowest BCUT2D eigenvalue weighted by molar-refractivity contribution is 0.120. The first kappa shape index (κ1) is 10.4. The number of fused-ring (bicyclic) bond motifs is 1. The average Bonchev–Trinajstić information content (AvgIpc) is 2.97. The van der Waals surface area contributed by atoms with E-state index in [9.17, 15) is 0 Å². The SMILES string of the molecule is Cn1nnc2c(NCC3CCCO3)ncnc21. The average molecular weight is 234 g/mol. The van der Waals surface area contributed by atoms with Crippen molar-refractivity contribution in [2.45, 2.75) is 18.9 Å². The van der Waals surface area contributed by atoms with Crippen LogP contribution in [0.1, 0.15) is 12.8 Å². The molecule has 1 atom stereocenters. The van der Waals surface area contributed by atoms with E-state index in [0.717, 1.165) is 37.5 Å². The minimum absolute atomic E-state index is 0.275. The number of nitrogens with zero attached hydrogens (tertiary/aromatic N) is 5. The van der Waals surface area contributed by atoms with E-state index in [-0.39, 0.29) is 6.10 Å². The van der Waals surface area contributed by atoms with Gasteiger partial charge in [0.25, 0.3) is 0 Å². The Labute approximate surface area is 98.2 Å². The van der Waals surface area contributed by atoms with Gasteiger partial charge in [-0.15, -0.1) is 5.10 Å². The van der Waals surface area contributed by atoms with Crippen LogP contribution in [0.2, 0.25) is 0 Å². The van der Waals surface area contributed by atoms with E-state index in [1.807, 2.05) is 7.05 Å². The molecule has 2 aromatic heterocycles. The first-order valence-corrected chi connectivity index (χ1v) is 5.70. The highest BCUT2D eigenvalue weighted by Gasteiger charge is 2.16. The van der Waals surface area contributed by atoms with Crippen molar-refractivity contribution in [3.63, 3.8) is 0 Å². The number of hydrogen-bond donors (Lipinski definition) is 1. The second-order valence-electron chi connectivity index (χ2n) is 4.12. The number of aromatic nitrogens is 5. The molecule has 3 heterocycles. The van der Waals surface area contributed by atoms with Crippen LogP contribution in [0.15, 0.2) is 6.33 Å². The topological polar surface area (TPSA) is 77.8 Å². The standard InChI is InChI=1S/C10H14N6O/c1-16-10-8(14-15-16)9(12-6-13-10)11-5-7-3-2-4-17-7/h6-7H,2-5H2,1H3,(H,11,12,13). The number of anilines is 1. The van der Waals surface area contributed by atoms with Crippen molar-refractivity contribution in [3.8, 4) is 0 Å². The Morgan fingerprint density at radius 2 is 2.47 bits per heavy atom. The summed E-state index contributed by atoms with van der Waals surface area (Å²) >= 11 is 0. The Bertz CT molecular complexity index is 518. The van der Waals surface area contributed by atoms with Gasteiger partial charge in [0.05, 0.1) is 6.10 Å². The Hall–Kier alpha value is -1.76. The maximum atomic E-state index is 5.54. The number of rotatable bonds is 3. The molecule has 1 unspecified atom stereocenters. The third kappa shape index (κ3) is 1.93. The van der Waals surface area contributed by atoms with Crippen molar-refractivity contribution < 1.29 is 4.74 Å². The molecular formula is C10H14N6O. The van der Waals surface area contributed by atoms with Crippen molar-refractivity contribution in [2.75, 3.05) is 18.5 Å². The molecule has 7 nitrogen and oxygen atoms in total. The van der Waals surface area contributed by atoms with Crippen LogP contribution in [0, 0.1) is 0 Å². The van der Waals surface area contributed by atoms with Crippen LogP contribution in [0.25, 0.3) is 11.2 Å². The largest absolute Gasteiger partial charge is 0.376 e. The van der Waals surface area contributed by atoms with Gasteiger partial charge in [-0.1, -0.05) is 5.21 Å². The normalized spacial score (nSPS) is 19.9. The fourth-order valence-electron chi connectivity index (χ4n) is 2.00. The summed E-state index contributed by atoms with van der Waals surface area (Å²) in [5.41, 5.74) is 1.43. The second-order valence-corrected chi connectivity index (χ2v) is 4.12. The molecule has 0 radical (unpaired) electrons. The summed E-state index contributed by atoms with van der Waals surface area (Å²) in [7, 11) is 1.81. The summed E-state index contributed by atoms with van der Waals surface area (Å²) in [6.07, 6.45) is 4.03. The van der Waals surface area contributed by atoms with Crippen molar-refractivity contribution in [3.05, 3.63) is 6.33 Å². The lowest BCUT2D eigenvalue weighted by Crippen LogP contribution is -2.19. The maximum Gasteiger partial charge on any atom is 0.183 e. The number of hydrogen-bond acceptors (Lipinski definition) is 6. The highest BCUT2D eigenvalue weighted by molar-refractivity contribution is 5.81. The van der Waals surface area contributed by atoms with Crippen LogP contribution < -0.4 is 5.32 Å². The minimum atomic E-state index is 0.275. The lowest BCUT2D eigenvalue weighted by Gasteiger charge is -2.10. The first-order valence-electron chi connectivity index (χ1n) is 5.70. The fourth-order valence-corrected chi connectivity index (χ4v) is 2.00. The molecule has 17 heavy (non-hydrogen) atoms. The van der Waals surface area contributed by atoms with Crippen molar-refractivity contribution in [1.82, 2.24) is 25.0 Å². The van der Waals surface area contributed by atoms with E-state index in [0.29, 0.717) is 5.52 Å². The predicted octanol–water partition coefficient (Wildman–Crippen LogP) is 0.349. The highest BCUT2D eigenvalue weighted by atomic mass is 16.5. The van der Waals surface area contributed by atoms with Gasteiger partial charge in [0, 0.05) is 20.2 Å². The molecule has 90 valence electrons. The fraction of sp³-hybridized carbons (Fsp3) is 0.600. The quantitative estimate of drug-likeness (QED) is 0.825. The van der Waals surface area contributed by atoms with Gasteiger partial charge in [0.1, 0.15) is 6.33 Å². The first-order chi connectivity index (χ1) is 8.34. The molecule has 1 aliphatic rings. The van der Waals surface area contributed by atoms with Gasteiger partial charge in [-0.25, -0.2) is 14.6 Å². The molecular weight excluding hydrogens is 220 g/mol. The van der Waals surface area contributed by atoms with Crippen LogP contribution in [-0.2, 0) is 11.8 Å². The molecule has 1 saturated heterocycles. The maximum absolute atomic E-state index is 5.54. The third-order valence-electron chi connectivity index (χ3n) is 2.91. The van der Waals surface area contributed by atoms with E-state index in [1.54, 1.807) is 4.68 Å². The predicted molar refractivity (Wildman–Crippen MR) is 61.6 cm³/mol. The zero-order valence-electron chi connectivity index (χ0n) is 9.63. The minimum Gasteiger partial charge on any atom is -0.376 e. The second kappa shape index (κ2) is 4.25. The molecule has 2 aromatic rings.